The Bertz CT molecular complexity index is 670. The molecule has 26 heavy (non-hydrogen) atoms. The van der Waals surface area contributed by atoms with Crippen LogP contribution in [0.2, 0.25) is 0 Å². The van der Waals surface area contributed by atoms with Crippen LogP contribution in [0.4, 0.5) is 0 Å². The van der Waals surface area contributed by atoms with Crippen molar-refractivity contribution in [2.24, 2.45) is 5.73 Å². The van der Waals surface area contributed by atoms with Crippen molar-refractivity contribution in [2.45, 2.75) is 31.3 Å². The van der Waals surface area contributed by atoms with E-state index in [0.717, 1.165) is 5.56 Å². The van der Waals surface area contributed by atoms with Gasteiger partial charge in [-0.3, -0.25) is 29.3 Å². The molecule has 1 saturated heterocycles. The molecule has 1 heterocycles. The van der Waals surface area contributed by atoms with Crippen LogP contribution < -0.4 is 16.5 Å². The van der Waals surface area contributed by atoms with Gasteiger partial charge in [0.25, 0.3) is 11.8 Å². The van der Waals surface area contributed by atoms with E-state index >= 15 is 0 Å². The molecule has 10 heteroatoms. The molecule has 0 spiro atoms. The van der Waals surface area contributed by atoms with Crippen molar-refractivity contribution in [1.82, 2.24) is 15.7 Å². The van der Waals surface area contributed by atoms with E-state index in [0.29, 0.717) is 11.3 Å². The number of nitrogens with one attached hydrogen (secondary N) is 2. The summed E-state index contributed by atoms with van der Waals surface area (Å²) in [5, 5.41) is 11.1. The second kappa shape index (κ2) is 9.85. The number of imide groups is 1. The van der Waals surface area contributed by atoms with E-state index in [4.69, 9.17) is 10.9 Å². The van der Waals surface area contributed by atoms with E-state index < -0.39 is 42.3 Å². The number of rotatable bonds is 6. The number of halogens is 1. The fourth-order valence-electron chi connectivity index (χ4n) is 2.56. The third-order valence-corrected chi connectivity index (χ3v) is 3.89. The van der Waals surface area contributed by atoms with Gasteiger partial charge in [0, 0.05) is 6.42 Å². The van der Waals surface area contributed by atoms with Crippen molar-refractivity contribution in [3.63, 3.8) is 0 Å². The fourth-order valence-corrected chi connectivity index (χ4v) is 2.56. The molecule has 0 saturated carbocycles. The number of hydroxylamine groups is 1. The molecule has 2 rings (SSSR count). The summed E-state index contributed by atoms with van der Waals surface area (Å²) in [5.41, 5.74) is 8.12. The Hall–Kier alpha value is -2.49. The Morgan fingerprint density at radius 3 is 2.54 bits per heavy atom. The number of piperidine rings is 1. The molecule has 4 amide bonds. The van der Waals surface area contributed by atoms with Gasteiger partial charge in [0.1, 0.15) is 12.6 Å². The minimum atomic E-state index is -0.932. The first-order valence-corrected chi connectivity index (χ1v) is 7.79. The Morgan fingerprint density at radius 2 is 1.92 bits per heavy atom. The van der Waals surface area contributed by atoms with Gasteiger partial charge < -0.3 is 11.1 Å². The second-order valence-corrected chi connectivity index (χ2v) is 5.75. The van der Waals surface area contributed by atoms with Crippen LogP contribution in [-0.2, 0) is 25.6 Å². The molecule has 1 aliphatic heterocycles. The average Bonchev–Trinajstić information content (AvgIpc) is 2.61. The van der Waals surface area contributed by atoms with Crippen molar-refractivity contribution in [3.8, 4) is 0 Å². The van der Waals surface area contributed by atoms with E-state index in [-0.39, 0.29) is 25.2 Å². The van der Waals surface area contributed by atoms with Crippen molar-refractivity contribution in [3.05, 3.63) is 35.9 Å². The smallest absolute Gasteiger partial charge is 0.263 e. The average molecular weight is 385 g/mol. The first-order chi connectivity index (χ1) is 11.9. The number of hydrogen-bond acceptors (Lipinski definition) is 6. The summed E-state index contributed by atoms with van der Waals surface area (Å²) in [7, 11) is 0. The van der Waals surface area contributed by atoms with Gasteiger partial charge in [0.15, 0.2) is 0 Å². The van der Waals surface area contributed by atoms with Crippen molar-refractivity contribution in [1.29, 1.82) is 0 Å². The zero-order valence-electron chi connectivity index (χ0n) is 13.9. The maximum Gasteiger partial charge on any atom is 0.263 e. The number of benzene rings is 1. The largest absolute Gasteiger partial charge is 0.343 e. The highest BCUT2D eigenvalue weighted by atomic mass is 35.5. The summed E-state index contributed by atoms with van der Waals surface area (Å²) in [6.07, 6.45) is 0.450. The van der Waals surface area contributed by atoms with Crippen LogP contribution in [0, 0.1) is 0 Å². The molecule has 0 aromatic heterocycles. The summed E-state index contributed by atoms with van der Waals surface area (Å²) in [6.45, 7) is -0.601. The predicted molar refractivity (Wildman–Crippen MR) is 93.2 cm³/mol. The predicted octanol–water partition coefficient (Wildman–Crippen LogP) is -0.883. The van der Waals surface area contributed by atoms with Gasteiger partial charge >= 0.3 is 0 Å². The molecule has 5 N–H and O–H groups in total. The van der Waals surface area contributed by atoms with Crippen LogP contribution in [-0.4, -0.2) is 52.4 Å². The van der Waals surface area contributed by atoms with Crippen LogP contribution in [0.15, 0.2) is 30.3 Å². The zero-order valence-corrected chi connectivity index (χ0v) is 14.7. The lowest BCUT2D eigenvalue weighted by Crippen LogP contribution is -2.58. The lowest BCUT2D eigenvalue weighted by molar-refractivity contribution is -0.154. The standard InChI is InChI=1S/C16H20N4O5.ClH/c17-11(8-10-4-2-1-3-5-10)15(23)18-12-6-7-14(22)20(16(12)24)9-13(21)19-25;/h1-5,11-12,25H,6-9,17H2,(H,18,23)(H,19,21);1H/t11-,12-;/m0./s1. The van der Waals surface area contributed by atoms with E-state index in [1.807, 2.05) is 30.3 Å². The Kier molecular flexibility index (Phi) is 8.17. The van der Waals surface area contributed by atoms with Crippen LogP contribution in [0.5, 0.6) is 0 Å². The zero-order chi connectivity index (χ0) is 18.4. The SMILES string of the molecule is Cl.N[C@@H](Cc1ccccc1)C(=O)N[C@H]1CCC(=O)N(CC(=O)NO)C1=O. The fraction of sp³-hybridized carbons (Fsp3) is 0.375. The molecule has 1 aromatic carbocycles. The highest BCUT2D eigenvalue weighted by Gasteiger charge is 2.36. The maximum atomic E-state index is 12.3. The van der Waals surface area contributed by atoms with Gasteiger partial charge in [-0.05, 0) is 18.4 Å². The molecule has 1 fully saturated rings. The number of amides is 4. The van der Waals surface area contributed by atoms with Gasteiger partial charge in [-0.1, -0.05) is 30.3 Å². The first kappa shape index (κ1) is 21.6. The lowest BCUT2D eigenvalue weighted by Gasteiger charge is -2.30. The molecule has 1 aliphatic rings. The first-order valence-electron chi connectivity index (χ1n) is 7.79. The highest BCUT2D eigenvalue weighted by Crippen LogP contribution is 2.13. The third kappa shape index (κ3) is 5.51. The number of nitrogens with zero attached hydrogens (tertiary/aromatic N) is 1. The molecule has 1 aromatic rings. The molecule has 9 nitrogen and oxygen atoms in total. The van der Waals surface area contributed by atoms with Crippen molar-refractivity contribution < 1.29 is 24.4 Å². The van der Waals surface area contributed by atoms with Gasteiger partial charge in [-0.25, -0.2) is 5.48 Å². The monoisotopic (exact) mass is 384 g/mol. The van der Waals surface area contributed by atoms with Crippen LogP contribution in [0.25, 0.3) is 0 Å². The minimum Gasteiger partial charge on any atom is -0.343 e. The number of likely N-dealkylation sites (tertiary alicyclic amines) is 1. The third-order valence-electron chi connectivity index (χ3n) is 3.89. The van der Waals surface area contributed by atoms with Gasteiger partial charge in [-0.15, -0.1) is 12.4 Å². The van der Waals surface area contributed by atoms with Crippen molar-refractivity contribution >= 4 is 36.0 Å². The molecule has 0 bridgehead atoms. The van der Waals surface area contributed by atoms with Gasteiger partial charge in [0.05, 0.1) is 6.04 Å². The maximum absolute atomic E-state index is 12.3. The molecule has 0 unspecified atom stereocenters. The lowest BCUT2D eigenvalue weighted by atomic mass is 10.0. The van der Waals surface area contributed by atoms with E-state index in [1.54, 1.807) is 0 Å². The van der Waals surface area contributed by atoms with E-state index in [9.17, 15) is 19.2 Å². The molecular weight excluding hydrogens is 364 g/mol. The summed E-state index contributed by atoms with van der Waals surface area (Å²) >= 11 is 0. The normalized spacial score (nSPS) is 17.9. The Balaban J connectivity index is 0.00000338. The van der Waals surface area contributed by atoms with Crippen molar-refractivity contribution in [2.75, 3.05) is 6.54 Å². The minimum absolute atomic E-state index is 0. The number of hydrogen-bond donors (Lipinski definition) is 4. The molecule has 0 radical (unpaired) electrons. The summed E-state index contributed by atoms with van der Waals surface area (Å²) < 4.78 is 0. The summed E-state index contributed by atoms with van der Waals surface area (Å²) in [5.74, 6) is -2.63. The molecule has 142 valence electrons. The van der Waals surface area contributed by atoms with Crippen LogP contribution in [0.1, 0.15) is 18.4 Å². The number of nitrogens with two attached hydrogens (primary N) is 1. The quantitative estimate of drug-likeness (QED) is 0.285. The summed E-state index contributed by atoms with van der Waals surface area (Å²) in [6, 6.07) is 7.42. The van der Waals surface area contributed by atoms with E-state index in [1.165, 1.54) is 5.48 Å². The number of carbonyl (C=O) groups excluding carboxylic acids is 4. The topological polar surface area (TPSA) is 142 Å². The summed E-state index contributed by atoms with van der Waals surface area (Å²) in [4.78, 5) is 48.2. The van der Waals surface area contributed by atoms with Gasteiger partial charge in [0.2, 0.25) is 11.8 Å². The Labute approximate surface area is 156 Å². The molecular formula is C16H21ClN4O5. The molecule has 2 atom stereocenters. The van der Waals surface area contributed by atoms with Crippen LogP contribution >= 0.6 is 12.4 Å². The van der Waals surface area contributed by atoms with E-state index in [2.05, 4.69) is 5.32 Å². The second-order valence-electron chi connectivity index (χ2n) is 5.75. The number of carbonyl (C=O) groups is 4. The Morgan fingerprint density at radius 1 is 1.27 bits per heavy atom. The molecule has 0 aliphatic carbocycles. The highest BCUT2D eigenvalue weighted by molar-refractivity contribution is 6.04. The van der Waals surface area contributed by atoms with Gasteiger partial charge in [-0.2, -0.15) is 0 Å². The van der Waals surface area contributed by atoms with Crippen LogP contribution in [0.3, 0.4) is 0 Å².